The lowest BCUT2D eigenvalue weighted by molar-refractivity contribution is -0.910. The van der Waals surface area contributed by atoms with Crippen molar-refractivity contribution in [3.05, 3.63) is 28.2 Å². The minimum Gasteiger partial charge on any atom is -1.00 e. The third kappa shape index (κ3) is 2.55. The Kier molecular flexibility index (Phi) is 5.10. The van der Waals surface area contributed by atoms with Gasteiger partial charge in [-0.05, 0) is 40.4 Å². The Morgan fingerprint density at radius 3 is 2.73 bits per heavy atom. The second kappa shape index (κ2) is 6.25. The van der Waals surface area contributed by atoms with Crippen LogP contribution in [0.2, 0.25) is 0 Å². The molecule has 2 aliphatic rings. The Labute approximate surface area is 151 Å². The zero-order valence-electron chi connectivity index (χ0n) is 13.4. The van der Waals surface area contributed by atoms with Crippen LogP contribution in [0.3, 0.4) is 0 Å². The Bertz CT molecular complexity index is 588. The lowest BCUT2D eigenvalue weighted by atomic mass is 9.62. The number of carbonyl (C=O) groups is 1. The highest BCUT2D eigenvalue weighted by molar-refractivity contribution is 9.10. The molecule has 1 aromatic rings. The number of benzene rings is 1. The maximum Gasteiger partial charge on any atom is 0.200 e. The van der Waals surface area contributed by atoms with Gasteiger partial charge in [-0.15, -0.1) is 0 Å². The van der Waals surface area contributed by atoms with E-state index in [0.29, 0.717) is 5.78 Å². The summed E-state index contributed by atoms with van der Waals surface area (Å²) in [4.78, 5) is 13.2. The van der Waals surface area contributed by atoms with Crippen LogP contribution < -0.4 is 21.7 Å². The van der Waals surface area contributed by atoms with Gasteiger partial charge in [0.05, 0.1) is 37.6 Å². The molecule has 2 bridgehead atoms. The average Bonchev–Trinajstić information content (AvgIpc) is 2.45. The van der Waals surface area contributed by atoms with E-state index in [9.17, 15) is 4.79 Å². The first-order valence-electron chi connectivity index (χ1n) is 7.62. The number of carbonyl (C=O) groups excluding carboxylic acids is 1. The Hall–Kier alpha value is -0.390. The van der Waals surface area contributed by atoms with Crippen LogP contribution in [0.1, 0.15) is 31.2 Å². The van der Waals surface area contributed by atoms with Crippen LogP contribution in [0.4, 0.5) is 0 Å². The number of quaternary nitrogens is 1. The van der Waals surface area contributed by atoms with Gasteiger partial charge in [0.1, 0.15) is 11.8 Å². The molecule has 0 spiro atoms. The third-order valence-electron chi connectivity index (χ3n) is 5.51. The summed E-state index contributed by atoms with van der Waals surface area (Å²) in [6.07, 6.45) is 4.05. The monoisotopic (exact) mass is 431 g/mol. The van der Waals surface area contributed by atoms with E-state index < -0.39 is 0 Å². The molecule has 1 aliphatic heterocycles. The minimum atomic E-state index is -0.315. The fourth-order valence-electron chi connectivity index (χ4n) is 4.16. The molecule has 0 N–H and O–H groups in total. The SMILES string of the molecule is COc1cccc([C@@]23CCC[C@@H](C2=O)[N+](C)(C)CC3)c1Br.[Br-]. The van der Waals surface area contributed by atoms with Gasteiger partial charge in [-0.1, -0.05) is 12.1 Å². The number of nitrogens with zero attached hydrogens (tertiary/aromatic N) is 1. The van der Waals surface area contributed by atoms with Crippen LogP contribution in [-0.4, -0.2) is 44.1 Å². The number of Topliss-reactive ketones (excluding diaryl/α,β-unsaturated/α-hetero) is 1. The topological polar surface area (TPSA) is 26.3 Å². The first-order chi connectivity index (χ1) is 9.92. The number of halogens is 2. The molecule has 2 atom stereocenters. The zero-order chi connectivity index (χ0) is 15.3. The molecule has 1 aliphatic carbocycles. The third-order valence-corrected chi connectivity index (χ3v) is 6.33. The molecule has 0 amide bonds. The summed E-state index contributed by atoms with van der Waals surface area (Å²) in [5, 5.41) is 0. The molecular formula is C17H23Br2NO2. The first-order valence-corrected chi connectivity index (χ1v) is 8.42. The second-order valence-electron chi connectivity index (χ2n) is 6.93. The number of rotatable bonds is 2. The Morgan fingerprint density at radius 1 is 1.32 bits per heavy atom. The number of likely N-dealkylation sites (tertiary alicyclic amines) is 1. The van der Waals surface area contributed by atoms with Crippen molar-refractivity contribution in [3.63, 3.8) is 0 Å². The van der Waals surface area contributed by atoms with Crippen LogP contribution in [0.5, 0.6) is 5.75 Å². The quantitative estimate of drug-likeness (QED) is 0.628. The summed E-state index contributed by atoms with van der Waals surface area (Å²) in [6.45, 7) is 1.06. The molecule has 3 nitrogen and oxygen atoms in total. The zero-order valence-corrected chi connectivity index (χ0v) is 16.5. The summed E-state index contributed by atoms with van der Waals surface area (Å²) < 4.78 is 7.21. The van der Waals surface area contributed by atoms with Crippen LogP contribution >= 0.6 is 15.9 Å². The van der Waals surface area contributed by atoms with Gasteiger partial charge in [0.25, 0.3) is 0 Å². The molecule has 5 heteroatoms. The molecule has 1 saturated carbocycles. The number of ether oxygens (including phenoxy) is 1. The summed E-state index contributed by atoms with van der Waals surface area (Å²) in [5.74, 6) is 1.25. The summed E-state index contributed by atoms with van der Waals surface area (Å²) in [6, 6.07) is 6.18. The number of hydrogen-bond donors (Lipinski definition) is 0. The fraction of sp³-hybridized carbons (Fsp3) is 0.588. The number of methoxy groups -OCH3 is 1. The molecule has 1 saturated heterocycles. The van der Waals surface area contributed by atoms with Gasteiger partial charge >= 0.3 is 0 Å². The van der Waals surface area contributed by atoms with Crippen molar-refractivity contribution in [2.45, 2.75) is 37.1 Å². The van der Waals surface area contributed by atoms with Crippen molar-refractivity contribution in [3.8, 4) is 5.75 Å². The van der Waals surface area contributed by atoms with E-state index in [2.05, 4.69) is 36.1 Å². The van der Waals surface area contributed by atoms with Gasteiger partial charge in [0.2, 0.25) is 5.78 Å². The lowest BCUT2D eigenvalue weighted by Gasteiger charge is -2.52. The smallest absolute Gasteiger partial charge is 0.200 e. The van der Waals surface area contributed by atoms with Crippen molar-refractivity contribution < 1.29 is 31.0 Å². The Morgan fingerprint density at radius 2 is 2.05 bits per heavy atom. The summed E-state index contributed by atoms with van der Waals surface area (Å²) in [5.41, 5.74) is 0.806. The number of ketones is 1. The maximum atomic E-state index is 13.2. The average molecular weight is 433 g/mol. The first kappa shape index (κ1) is 18.0. The molecular weight excluding hydrogens is 410 g/mol. The largest absolute Gasteiger partial charge is 1.00 e. The van der Waals surface area contributed by atoms with E-state index in [1.54, 1.807) is 7.11 Å². The van der Waals surface area contributed by atoms with Gasteiger partial charge in [0.15, 0.2) is 0 Å². The van der Waals surface area contributed by atoms with Crippen LogP contribution in [-0.2, 0) is 10.2 Å². The normalized spacial score (nSPS) is 29.6. The molecule has 2 fully saturated rings. The van der Waals surface area contributed by atoms with Crippen molar-refractivity contribution in [2.24, 2.45) is 0 Å². The molecule has 0 aromatic heterocycles. The van der Waals surface area contributed by atoms with Gasteiger partial charge in [-0.25, -0.2) is 0 Å². The summed E-state index contributed by atoms with van der Waals surface area (Å²) >= 11 is 3.67. The number of piperidine rings is 1. The van der Waals surface area contributed by atoms with Crippen LogP contribution in [0, 0.1) is 0 Å². The van der Waals surface area contributed by atoms with E-state index >= 15 is 0 Å². The van der Waals surface area contributed by atoms with Crippen molar-refractivity contribution in [1.29, 1.82) is 0 Å². The number of fused-ring (bicyclic) bond motifs is 2. The van der Waals surface area contributed by atoms with E-state index in [1.807, 2.05) is 12.1 Å². The molecule has 0 radical (unpaired) electrons. The molecule has 22 heavy (non-hydrogen) atoms. The highest BCUT2D eigenvalue weighted by atomic mass is 79.9. The van der Waals surface area contributed by atoms with Gasteiger partial charge in [-0.2, -0.15) is 0 Å². The fourth-order valence-corrected chi connectivity index (χ4v) is 4.97. The molecule has 3 rings (SSSR count). The van der Waals surface area contributed by atoms with Crippen molar-refractivity contribution in [2.75, 3.05) is 27.7 Å². The highest BCUT2D eigenvalue weighted by Crippen LogP contribution is 2.49. The lowest BCUT2D eigenvalue weighted by Crippen LogP contribution is -3.00. The van der Waals surface area contributed by atoms with E-state index in [1.165, 1.54) is 0 Å². The number of likely N-dealkylation sites (N-methyl/N-ethyl adjacent to an activating group) is 1. The van der Waals surface area contributed by atoms with Crippen molar-refractivity contribution >= 4 is 21.7 Å². The summed E-state index contributed by atoms with van der Waals surface area (Å²) in [7, 11) is 6.06. The van der Waals surface area contributed by atoms with E-state index in [0.717, 1.165) is 52.5 Å². The molecule has 122 valence electrons. The molecule has 1 heterocycles. The van der Waals surface area contributed by atoms with Gasteiger partial charge in [-0.3, -0.25) is 4.79 Å². The minimum absolute atomic E-state index is 0. The Balaban J connectivity index is 0.00000176. The van der Waals surface area contributed by atoms with Gasteiger partial charge < -0.3 is 26.2 Å². The molecule has 0 unspecified atom stereocenters. The molecule has 1 aromatic carbocycles. The van der Waals surface area contributed by atoms with Crippen LogP contribution in [0.15, 0.2) is 22.7 Å². The van der Waals surface area contributed by atoms with E-state index in [4.69, 9.17) is 4.74 Å². The van der Waals surface area contributed by atoms with Gasteiger partial charge in [0, 0.05) is 12.8 Å². The van der Waals surface area contributed by atoms with Crippen molar-refractivity contribution in [1.82, 2.24) is 0 Å². The highest BCUT2D eigenvalue weighted by Gasteiger charge is 2.56. The standard InChI is InChI=1S/C17H23BrNO2.BrH/c1-19(2)11-10-17(9-5-7-13(19)16(17)20)12-6-4-8-14(21-3)15(12)18;/h4,6,8,13H,5,7,9-11H2,1-3H3;1H/q+1;/p-1/t13-,17-;/m0./s1. The predicted octanol–water partition coefficient (Wildman–Crippen LogP) is 0.301. The number of hydrogen-bond acceptors (Lipinski definition) is 2. The van der Waals surface area contributed by atoms with Crippen LogP contribution in [0.25, 0.3) is 0 Å². The second-order valence-corrected chi connectivity index (χ2v) is 7.72. The maximum absolute atomic E-state index is 13.2. The van der Waals surface area contributed by atoms with E-state index in [-0.39, 0.29) is 28.4 Å². The predicted molar refractivity (Wildman–Crippen MR) is 86.6 cm³/mol.